The van der Waals surface area contributed by atoms with Crippen molar-refractivity contribution in [3.63, 3.8) is 0 Å². The van der Waals surface area contributed by atoms with E-state index in [1.165, 1.54) is 4.90 Å². The van der Waals surface area contributed by atoms with Gasteiger partial charge in [0, 0.05) is 58.9 Å². The number of carbonyl (C=O) groups excluding carboxylic acids is 3. The summed E-state index contributed by atoms with van der Waals surface area (Å²) in [4.78, 5) is 48.2. The molecule has 3 N–H and O–H groups in total. The maximum absolute atomic E-state index is 13.0. The van der Waals surface area contributed by atoms with E-state index in [4.69, 9.17) is 27.9 Å². The van der Waals surface area contributed by atoms with Gasteiger partial charge in [0.15, 0.2) is 0 Å². The Bertz CT molecular complexity index is 1910. The van der Waals surface area contributed by atoms with E-state index in [0.29, 0.717) is 39.8 Å². The molecular weight excluding hydrogens is 698 g/mol. The summed E-state index contributed by atoms with van der Waals surface area (Å²) in [5.41, 5.74) is 4.08. The molecule has 4 amide bonds. The minimum Gasteiger partial charge on any atom is -0.487 e. The van der Waals surface area contributed by atoms with Gasteiger partial charge in [0.05, 0.1) is 17.3 Å². The number of amides is 4. The highest BCUT2D eigenvalue weighted by Gasteiger charge is 2.20. The molecule has 48 heavy (non-hydrogen) atoms. The van der Waals surface area contributed by atoms with Crippen molar-refractivity contribution in [2.45, 2.75) is 20.1 Å². The number of pyridine rings is 2. The molecule has 0 aliphatic heterocycles. The Kier molecular flexibility index (Phi) is 13.8. The molecule has 0 aliphatic rings. The van der Waals surface area contributed by atoms with E-state index < -0.39 is 11.9 Å². The number of aromatic nitrogens is 2. The number of nitrogens with zero attached hydrogens (tertiary/aromatic N) is 3. The average Bonchev–Trinajstić information content (AvgIpc) is 3.06. The monoisotopic (exact) mass is 728 g/mol. The molecule has 2 heterocycles. The maximum atomic E-state index is 13.0. The quantitative estimate of drug-likeness (QED) is 0.138. The van der Waals surface area contributed by atoms with Crippen LogP contribution >= 0.6 is 48.0 Å². The molecule has 5 rings (SSSR count). The highest BCUT2D eigenvalue weighted by Crippen LogP contribution is 2.35. The standard InChI is InChI=1S/C34H30Cl2N6O4.2ClH/c1-21-11-12-23-7-4-10-29(32(23)40-21)46-20-26-27(35)13-14-28(31(26)36)42(2)30(43)19-39-34(45)41-25-9-3-8-24(16-25)33(44)38-18-22-6-5-15-37-17-22;;/h3-17H,18-20H2,1-2H3,(H,38,44)(H2,39,41,45);2*1H. The Morgan fingerprint density at radius 1 is 0.917 bits per heavy atom. The van der Waals surface area contributed by atoms with Crippen molar-refractivity contribution in [3.8, 4) is 5.75 Å². The lowest BCUT2D eigenvalue weighted by atomic mass is 10.1. The van der Waals surface area contributed by atoms with Crippen LogP contribution in [0, 0.1) is 6.92 Å². The SMILES string of the molecule is Cc1ccc2cccc(OCc3c(Cl)ccc(N(C)C(=O)CNC(=O)Nc4cccc(C(=O)NCc5cccnc5)c4)c3Cl)c2n1.Cl.Cl. The molecule has 0 saturated carbocycles. The van der Waals surface area contributed by atoms with Crippen molar-refractivity contribution in [2.24, 2.45) is 0 Å². The van der Waals surface area contributed by atoms with Gasteiger partial charge in [-0.2, -0.15) is 0 Å². The molecule has 0 spiro atoms. The summed E-state index contributed by atoms with van der Waals surface area (Å²) < 4.78 is 6.08. The van der Waals surface area contributed by atoms with Crippen LogP contribution in [0.3, 0.4) is 0 Å². The van der Waals surface area contributed by atoms with Gasteiger partial charge in [-0.15, -0.1) is 24.8 Å². The molecule has 0 fully saturated rings. The van der Waals surface area contributed by atoms with Crippen molar-refractivity contribution in [2.75, 3.05) is 23.8 Å². The smallest absolute Gasteiger partial charge is 0.319 e. The van der Waals surface area contributed by atoms with Gasteiger partial charge in [-0.25, -0.2) is 9.78 Å². The lowest BCUT2D eigenvalue weighted by Crippen LogP contribution is -2.40. The molecule has 0 radical (unpaired) electrons. The van der Waals surface area contributed by atoms with Gasteiger partial charge in [0.25, 0.3) is 5.91 Å². The van der Waals surface area contributed by atoms with Crippen molar-refractivity contribution in [1.29, 1.82) is 0 Å². The van der Waals surface area contributed by atoms with Crippen LogP contribution < -0.4 is 25.6 Å². The van der Waals surface area contributed by atoms with Crippen LogP contribution in [0.5, 0.6) is 5.75 Å². The molecule has 3 aromatic carbocycles. The lowest BCUT2D eigenvalue weighted by Gasteiger charge is -2.21. The van der Waals surface area contributed by atoms with Crippen molar-refractivity contribution >= 4 is 88.1 Å². The predicted octanol–water partition coefficient (Wildman–Crippen LogP) is 7.38. The van der Waals surface area contributed by atoms with Crippen LogP contribution in [-0.2, 0) is 17.9 Å². The number of halogens is 4. The van der Waals surface area contributed by atoms with Crippen LogP contribution in [0.2, 0.25) is 10.0 Å². The molecule has 5 aromatic rings. The second-order valence-corrected chi connectivity index (χ2v) is 11.1. The zero-order chi connectivity index (χ0) is 32.6. The molecule has 0 saturated heterocycles. The topological polar surface area (TPSA) is 126 Å². The minimum atomic E-state index is -0.620. The van der Waals surface area contributed by atoms with E-state index in [0.717, 1.165) is 22.2 Å². The van der Waals surface area contributed by atoms with E-state index in [1.54, 1.807) is 61.9 Å². The molecule has 14 heteroatoms. The Morgan fingerprint density at radius 2 is 1.71 bits per heavy atom. The highest BCUT2D eigenvalue weighted by atomic mass is 35.5. The van der Waals surface area contributed by atoms with Crippen molar-refractivity contribution < 1.29 is 19.1 Å². The number of likely N-dealkylation sites (N-methyl/N-ethyl adjacent to an activating group) is 1. The van der Waals surface area contributed by atoms with Crippen LogP contribution in [0.15, 0.2) is 91.3 Å². The fourth-order valence-electron chi connectivity index (χ4n) is 4.57. The molecule has 10 nitrogen and oxygen atoms in total. The highest BCUT2D eigenvalue weighted by molar-refractivity contribution is 6.38. The summed E-state index contributed by atoms with van der Waals surface area (Å²) in [7, 11) is 1.55. The van der Waals surface area contributed by atoms with E-state index in [2.05, 4.69) is 25.9 Å². The summed E-state index contributed by atoms with van der Waals surface area (Å²) in [5, 5.41) is 9.56. The van der Waals surface area contributed by atoms with Crippen molar-refractivity contribution in [1.82, 2.24) is 20.6 Å². The summed E-state index contributed by atoms with van der Waals surface area (Å²) >= 11 is 13.2. The first kappa shape index (κ1) is 37.8. The Hall–Kier alpha value is -4.61. The number of hydrogen-bond donors (Lipinski definition) is 3. The Morgan fingerprint density at radius 3 is 2.48 bits per heavy atom. The third-order valence-corrected chi connectivity index (χ3v) is 7.83. The number of hydrogen-bond acceptors (Lipinski definition) is 6. The number of carbonyl (C=O) groups is 3. The number of para-hydroxylation sites is 1. The van der Waals surface area contributed by atoms with Crippen LogP contribution in [0.1, 0.15) is 27.2 Å². The van der Waals surface area contributed by atoms with Gasteiger partial charge >= 0.3 is 6.03 Å². The fraction of sp³-hybridized carbons (Fsp3) is 0.147. The Balaban J connectivity index is 0.00000312. The normalized spacial score (nSPS) is 10.2. The minimum absolute atomic E-state index is 0. The number of anilines is 2. The summed E-state index contributed by atoms with van der Waals surface area (Å²) in [5.74, 6) is -0.156. The second-order valence-electron chi connectivity index (χ2n) is 10.3. The fourth-order valence-corrected chi connectivity index (χ4v) is 5.18. The maximum Gasteiger partial charge on any atom is 0.319 e. The van der Waals surface area contributed by atoms with Crippen LogP contribution in [-0.4, -0.2) is 41.4 Å². The number of rotatable bonds is 10. The first-order valence-corrected chi connectivity index (χ1v) is 15.0. The first-order valence-electron chi connectivity index (χ1n) is 14.2. The largest absolute Gasteiger partial charge is 0.487 e. The van der Waals surface area contributed by atoms with Gasteiger partial charge in [-0.05, 0) is 61.0 Å². The average molecular weight is 730 g/mol. The van der Waals surface area contributed by atoms with Crippen LogP contribution in [0.25, 0.3) is 10.9 Å². The predicted molar refractivity (Wildman–Crippen MR) is 194 cm³/mol. The van der Waals surface area contributed by atoms with E-state index in [9.17, 15) is 14.4 Å². The molecule has 250 valence electrons. The van der Waals surface area contributed by atoms with Crippen LogP contribution in [0.4, 0.5) is 16.2 Å². The van der Waals surface area contributed by atoms with E-state index in [1.807, 2.05) is 43.3 Å². The molecular formula is C34H32Cl4N6O4. The van der Waals surface area contributed by atoms with Gasteiger partial charge in [0.2, 0.25) is 5.91 Å². The lowest BCUT2D eigenvalue weighted by molar-refractivity contribution is -0.117. The molecule has 0 aliphatic carbocycles. The Labute approximate surface area is 300 Å². The third kappa shape index (κ3) is 9.48. The summed E-state index contributed by atoms with van der Waals surface area (Å²) in [6, 6.07) is 22.3. The van der Waals surface area contributed by atoms with Gasteiger partial charge in [-0.1, -0.05) is 53.5 Å². The second kappa shape index (κ2) is 17.5. The van der Waals surface area contributed by atoms with Gasteiger partial charge in [0.1, 0.15) is 17.9 Å². The summed E-state index contributed by atoms with van der Waals surface area (Å²) in [6.45, 7) is 1.95. The number of nitrogens with one attached hydrogen (secondary N) is 3. The number of benzene rings is 3. The third-order valence-electron chi connectivity index (χ3n) is 7.05. The van der Waals surface area contributed by atoms with E-state index in [-0.39, 0.29) is 48.9 Å². The van der Waals surface area contributed by atoms with Gasteiger partial charge in [-0.3, -0.25) is 14.6 Å². The molecule has 2 aromatic heterocycles. The van der Waals surface area contributed by atoms with E-state index >= 15 is 0 Å². The number of aryl methyl sites for hydroxylation is 1. The number of fused-ring (bicyclic) bond motifs is 1. The molecule has 0 unspecified atom stereocenters. The number of urea groups is 1. The number of ether oxygens (including phenoxy) is 1. The molecule has 0 bridgehead atoms. The molecule has 0 atom stereocenters. The van der Waals surface area contributed by atoms with Gasteiger partial charge < -0.3 is 25.6 Å². The zero-order valence-corrected chi connectivity index (χ0v) is 29.0. The first-order chi connectivity index (χ1) is 22.2. The zero-order valence-electron chi connectivity index (χ0n) is 25.8. The summed E-state index contributed by atoms with van der Waals surface area (Å²) in [6.07, 6.45) is 3.32. The van der Waals surface area contributed by atoms with Crippen molar-refractivity contribution in [3.05, 3.63) is 124 Å².